The van der Waals surface area contributed by atoms with E-state index >= 15 is 0 Å². The Hall–Kier alpha value is -17.4. The van der Waals surface area contributed by atoms with Crippen molar-refractivity contribution < 1.29 is 5.48 Å². The van der Waals surface area contributed by atoms with Gasteiger partial charge in [-0.15, -0.1) is 22.7 Å². The van der Waals surface area contributed by atoms with Gasteiger partial charge in [0.15, 0.2) is 0 Å². The molecule has 2 aromatic heterocycles. The van der Waals surface area contributed by atoms with E-state index in [2.05, 4.69) is 581 Å². The maximum atomic E-state index is 5.06. The van der Waals surface area contributed by atoms with Crippen molar-refractivity contribution >= 4 is 238 Å². The Balaban J connectivity index is 0.000000156. The first-order valence-corrected chi connectivity index (χ1v) is 51.1. The Bertz CT molecular complexity index is 8770. The first-order valence-electron chi connectivity index (χ1n) is 47.5. The van der Waals surface area contributed by atoms with Gasteiger partial charge in [-0.1, -0.05) is 376 Å². The average molecular weight is 1860 g/mol. The van der Waals surface area contributed by atoms with Crippen LogP contribution in [0, 0.1) is 0 Å². The summed E-state index contributed by atoms with van der Waals surface area (Å²) in [4.78, 5) is 14.5. The molecule has 0 aliphatic heterocycles. The van der Waals surface area contributed by atoms with Crippen molar-refractivity contribution in [1.82, 2.24) is 0 Å². The van der Waals surface area contributed by atoms with E-state index in [0.717, 1.165) is 102 Å². The molecule has 23 aromatic carbocycles. The molecule has 0 atom stereocenters. The number of thiophene rings is 2. The van der Waals surface area contributed by atoms with Gasteiger partial charge in [0.2, 0.25) is 0 Å². The van der Waals surface area contributed by atoms with E-state index in [0.29, 0.717) is 0 Å². The molecule has 7 nitrogen and oxygen atoms in total. The van der Waals surface area contributed by atoms with Crippen LogP contribution in [-0.2, 0) is 0 Å². The molecule has 0 aliphatic rings. The van der Waals surface area contributed by atoms with Crippen LogP contribution in [0.5, 0.6) is 0 Å². The minimum absolute atomic E-state index is 0. The monoisotopic (exact) mass is 1860 g/mol. The van der Waals surface area contributed by atoms with E-state index in [9.17, 15) is 0 Å². The van der Waals surface area contributed by atoms with Crippen LogP contribution in [0.25, 0.3) is 94.6 Å². The zero-order valence-corrected chi connectivity index (χ0v) is 79.7. The molecule has 0 saturated carbocycles. The summed E-state index contributed by atoms with van der Waals surface area (Å²) in [7, 11) is 0. The van der Waals surface area contributed by atoms with Gasteiger partial charge in [-0.2, -0.15) is 0 Å². The fourth-order valence-electron chi connectivity index (χ4n) is 20.5. The number of para-hydroxylation sites is 11. The third kappa shape index (κ3) is 16.5. The summed E-state index contributed by atoms with van der Waals surface area (Å²) in [6.07, 6.45) is 5.06. The van der Waals surface area contributed by atoms with Crippen LogP contribution in [0.1, 0.15) is 0 Å². The fraction of sp³-hybridized carbons (Fsp3) is 0. The molecule has 25 aromatic rings. The van der Waals surface area contributed by atoms with Gasteiger partial charge in [-0.05, 0) is 237 Å². The van der Waals surface area contributed by atoms with Gasteiger partial charge in [0.05, 0.1) is 39.8 Å². The molecule has 2 heterocycles. The molecule has 25 rings (SSSR count). The summed E-state index contributed by atoms with van der Waals surface area (Å²) in [5.74, 6) is 0. The SMILES string of the molecule is C=P(c1ccccc1)(c1ccccc1)c1ccc(N(c2ccccc2)c2ccccc2N(c2ccccc2)c2cc3sc4ccc(N(c5ccccc5)c5ccccc5)cc4c3c3ccccc23)cc1.O.c1ccc(N(c2ccc3c(c2)sc2c(-c4cccc5ccccc45)cc(N(c4ccccc4)c4cccc5ccccc45)cc23)c2ccccc2N(c2ccccc2)c2cccc3ccccc23)cc1. The summed E-state index contributed by atoms with van der Waals surface area (Å²) in [5, 5.41) is 18.3. The van der Waals surface area contributed by atoms with Crippen LogP contribution in [0.4, 0.5) is 102 Å². The predicted octanol–water partition coefficient (Wildman–Crippen LogP) is 36.1. The van der Waals surface area contributed by atoms with Crippen LogP contribution < -0.4 is 45.3 Å². The summed E-state index contributed by atoms with van der Waals surface area (Å²) >= 11 is 3.73. The first-order chi connectivity index (χ1) is 69.4. The highest BCUT2D eigenvalue weighted by Gasteiger charge is 2.31. The topological polar surface area (TPSA) is 50.9 Å². The molecule has 0 saturated heterocycles. The van der Waals surface area contributed by atoms with Crippen molar-refractivity contribution in [2.75, 3.05) is 29.4 Å². The zero-order chi connectivity index (χ0) is 93.2. The van der Waals surface area contributed by atoms with E-state index in [1.165, 1.54) is 110 Å². The van der Waals surface area contributed by atoms with E-state index in [4.69, 9.17) is 6.30 Å². The van der Waals surface area contributed by atoms with E-state index in [-0.39, 0.29) is 5.48 Å². The van der Waals surface area contributed by atoms with E-state index < -0.39 is 6.89 Å². The molecule has 2 N–H and O–H groups in total. The number of fused-ring (bicyclic) bond motifs is 11. The highest BCUT2D eigenvalue weighted by atomic mass is 32.1. The molecule has 672 valence electrons. The molecule has 10 heteroatoms. The molecule has 0 bridgehead atoms. The lowest BCUT2D eigenvalue weighted by molar-refractivity contribution is 0.824. The molecule has 0 spiro atoms. The normalized spacial score (nSPS) is 11.4. The quantitative estimate of drug-likeness (QED) is 0.0630. The van der Waals surface area contributed by atoms with E-state index in [1.807, 2.05) is 22.7 Å². The van der Waals surface area contributed by atoms with Crippen molar-refractivity contribution in [1.29, 1.82) is 0 Å². The number of nitrogens with zero attached hydrogens (tertiary/aromatic N) is 6. The Kier molecular flexibility index (Phi) is 24.0. The maximum Gasteiger partial charge on any atom is 0.0702 e. The van der Waals surface area contributed by atoms with Crippen LogP contribution in [0.15, 0.2) is 552 Å². The molecule has 0 amide bonds. The van der Waals surface area contributed by atoms with Gasteiger partial charge in [-0.25, -0.2) is 0 Å². The minimum Gasteiger partial charge on any atom is -0.412 e. The van der Waals surface area contributed by atoms with Gasteiger partial charge in [0, 0.05) is 125 Å². The third-order valence-electron chi connectivity index (χ3n) is 26.9. The summed E-state index contributed by atoms with van der Waals surface area (Å²) < 4.78 is 4.96. The number of hydrogen-bond donors (Lipinski definition) is 0. The van der Waals surface area contributed by atoms with Crippen molar-refractivity contribution in [3.63, 3.8) is 0 Å². The molecular weight excluding hydrogens is 1770 g/mol. The highest BCUT2D eigenvalue weighted by Crippen LogP contribution is 2.56. The number of rotatable bonds is 22. The van der Waals surface area contributed by atoms with Gasteiger partial charge in [0.25, 0.3) is 0 Å². The van der Waals surface area contributed by atoms with Gasteiger partial charge >= 0.3 is 0 Å². The number of benzene rings is 23. The Labute approximate surface area is 829 Å². The van der Waals surface area contributed by atoms with Gasteiger partial charge in [0.1, 0.15) is 0 Å². The van der Waals surface area contributed by atoms with Crippen LogP contribution in [0.3, 0.4) is 0 Å². The van der Waals surface area contributed by atoms with E-state index in [1.54, 1.807) is 0 Å². The average Bonchev–Trinajstić information content (AvgIpc) is 1.63. The molecule has 0 radical (unpaired) electrons. The first kappa shape index (κ1) is 87.6. The second-order valence-corrected chi connectivity index (χ2v) is 40.4. The Morgan fingerprint density at radius 2 is 0.482 bits per heavy atom. The van der Waals surface area contributed by atoms with Crippen LogP contribution in [0.2, 0.25) is 0 Å². The van der Waals surface area contributed by atoms with Crippen molar-refractivity contribution in [2.24, 2.45) is 0 Å². The lowest BCUT2D eigenvalue weighted by atomic mass is 9.95. The fourth-order valence-corrected chi connectivity index (χ4v) is 25.8. The highest BCUT2D eigenvalue weighted by molar-refractivity contribution is 7.93. The summed E-state index contributed by atoms with van der Waals surface area (Å²) in [6.45, 7) is -2.20. The third-order valence-corrected chi connectivity index (χ3v) is 32.7. The zero-order valence-electron chi connectivity index (χ0n) is 77.2. The molecule has 0 fully saturated rings. The van der Waals surface area contributed by atoms with Crippen LogP contribution in [-0.4, -0.2) is 11.8 Å². The molecule has 0 unspecified atom stereocenters. The summed E-state index contributed by atoms with van der Waals surface area (Å²) in [6, 6.07) is 200. The van der Waals surface area contributed by atoms with Crippen LogP contribution >= 0.6 is 29.6 Å². The van der Waals surface area contributed by atoms with Crippen molar-refractivity contribution in [3.05, 3.63) is 552 Å². The second-order valence-electron chi connectivity index (χ2n) is 35.1. The molecule has 0 aliphatic carbocycles. The summed E-state index contributed by atoms with van der Waals surface area (Å²) in [5.41, 5.74) is 22.1. The predicted molar refractivity (Wildman–Crippen MR) is 612 cm³/mol. The largest absolute Gasteiger partial charge is 0.412 e. The molecule has 141 heavy (non-hydrogen) atoms. The second kappa shape index (κ2) is 38.6. The van der Waals surface area contributed by atoms with Crippen molar-refractivity contribution in [2.45, 2.75) is 0 Å². The van der Waals surface area contributed by atoms with Crippen molar-refractivity contribution in [3.8, 4) is 11.1 Å². The lowest BCUT2D eigenvalue weighted by Crippen LogP contribution is -2.25. The number of anilines is 18. The standard InChI is InChI=1S/C66H45N3S.C65H48N3PS.H2O/c1-4-27-49(28-5-1)67(63-37-16-17-38-64(63)69(51-31-8-3-9-32-51)62-40-20-26-48-23-12-15-35-56(48)62)52-41-42-58-60-44-53(68(50-29-6-2-7-30-50)61-39-19-25-47-22-11-14-34-55(47)61)43-59(66(60)70-65(58)45-52)57-36-18-24-46-21-10-13-33-54(46)57;1-69(54-32-16-6-17-33-54,55-34-18-7-19-35-55)56-43-40-52(41-44-56)67(50-28-12-4-13-29-50)60-38-22-23-39-61(60)68(51-30-14-5-15-31-51)62-47-64-65(58-37-21-20-36-57(58)62)59-46-53(42-45-63(59)70-64)66(48-24-8-2-9-25-48)49-26-10-3-11-27-49;/h1-45H;2-47H,1H2;1H2. The molecular formula is C131H95N6OPS2. The maximum absolute atomic E-state index is 5.06. The Morgan fingerprint density at radius 1 is 0.163 bits per heavy atom. The lowest BCUT2D eigenvalue weighted by Gasteiger charge is -2.34. The van der Waals surface area contributed by atoms with Gasteiger partial charge < -0.3 is 34.9 Å². The number of hydrogen-bond acceptors (Lipinski definition) is 8. The minimum atomic E-state index is -2.20. The van der Waals surface area contributed by atoms with Gasteiger partial charge in [-0.3, -0.25) is 0 Å². The smallest absolute Gasteiger partial charge is 0.0702 e. The Morgan fingerprint density at radius 3 is 0.972 bits per heavy atom.